The van der Waals surface area contributed by atoms with Crippen molar-refractivity contribution in [3.05, 3.63) is 167 Å². The average molecular weight is 779 g/mol. The number of hydrogen-bond donors (Lipinski definition) is 0. The van der Waals surface area contributed by atoms with Gasteiger partial charge in [-0.15, -0.1) is 0 Å². The topological polar surface area (TPSA) is 91.3 Å². The first-order chi connectivity index (χ1) is 28.5. The summed E-state index contributed by atoms with van der Waals surface area (Å²) in [4.78, 5) is 44.1. The van der Waals surface area contributed by atoms with Gasteiger partial charge in [0.05, 0.1) is 11.1 Å². The summed E-state index contributed by atoms with van der Waals surface area (Å²) < 4.78 is 11.3. The second-order valence-corrected chi connectivity index (χ2v) is 15.0. The molecule has 0 radical (unpaired) electrons. The van der Waals surface area contributed by atoms with Gasteiger partial charge in [-0.05, 0) is 86.0 Å². The summed E-state index contributed by atoms with van der Waals surface area (Å²) >= 11 is 0. The average Bonchev–Trinajstić information content (AvgIpc) is 3.97. The van der Waals surface area contributed by atoms with Gasteiger partial charge >= 0.3 is 11.9 Å². The molecule has 0 bridgehead atoms. The van der Waals surface area contributed by atoms with Crippen LogP contribution in [-0.4, -0.2) is 77.0 Å². The van der Waals surface area contributed by atoms with Crippen molar-refractivity contribution in [2.75, 3.05) is 49.1 Å². The van der Waals surface area contributed by atoms with E-state index in [0.29, 0.717) is 23.1 Å². The first kappa shape index (κ1) is 40.2. The van der Waals surface area contributed by atoms with E-state index in [1.54, 1.807) is 24.3 Å². The predicted molar refractivity (Wildman–Crippen MR) is 228 cm³/mol. The Labute approximate surface area is 342 Å². The van der Waals surface area contributed by atoms with E-state index in [0.717, 1.165) is 88.0 Å². The number of esters is 2. The molecule has 4 heterocycles. The van der Waals surface area contributed by atoms with Crippen molar-refractivity contribution >= 4 is 23.6 Å². The molecule has 10 nitrogen and oxygen atoms in total. The van der Waals surface area contributed by atoms with Crippen molar-refractivity contribution in [2.45, 2.75) is 59.0 Å². The molecular formula is C48H54N6O4. The van der Waals surface area contributed by atoms with Gasteiger partial charge in [0.1, 0.15) is 24.8 Å². The van der Waals surface area contributed by atoms with E-state index in [2.05, 4.69) is 75.0 Å². The van der Waals surface area contributed by atoms with E-state index in [4.69, 9.17) is 14.5 Å². The number of nitrogens with zero attached hydrogens (tertiary/aromatic N) is 6. The van der Waals surface area contributed by atoms with Crippen LogP contribution >= 0.6 is 0 Å². The summed E-state index contributed by atoms with van der Waals surface area (Å²) in [6, 6.07) is 35.5. The SMILES string of the molecule is CCN(C=CC1CCN(c2ncccc2COC(=O)c2ccccc2)C1)Cc1ccc(CN(CC)C2CCN(c3ncccc3COC(=O)c3ccccc3)C2)cc1. The summed E-state index contributed by atoms with van der Waals surface area (Å²) in [6.45, 7) is 12.0. The monoisotopic (exact) mass is 778 g/mol. The highest BCUT2D eigenvalue weighted by molar-refractivity contribution is 5.89. The zero-order valence-corrected chi connectivity index (χ0v) is 33.7. The molecule has 2 fully saturated rings. The highest BCUT2D eigenvalue weighted by Crippen LogP contribution is 2.28. The molecule has 0 aliphatic carbocycles. The molecule has 2 aliphatic rings. The third kappa shape index (κ3) is 10.5. The Morgan fingerprint density at radius 1 is 0.655 bits per heavy atom. The molecule has 58 heavy (non-hydrogen) atoms. The van der Waals surface area contributed by atoms with Crippen LogP contribution in [-0.2, 0) is 35.8 Å². The molecule has 5 aromatic rings. The van der Waals surface area contributed by atoms with Crippen LogP contribution in [0.5, 0.6) is 0 Å². The van der Waals surface area contributed by atoms with Gasteiger partial charge in [-0.3, -0.25) is 4.90 Å². The molecule has 2 aliphatic heterocycles. The van der Waals surface area contributed by atoms with E-state index < -0.39 is 0 Å². The lowest BCUT2D eigenvalue weighted by Crippen LogP contribution is -2.37. The second kappa shape index (κ2) is 19.9. The Bertz CT molecular complexity index is 2110. The number of benzene rings is 3. The van der Waals surface area contributed by atoms with E-state index in [9.17, 15) is 9.59 Å². The fourth-order valence-electron chi connectivity index (χ4n) is 7.86. The van der Waals surface area contributed by atoms with Gasteiger partial charge < -0.3 is 24.2 Å². The molecule has 0 N–H and O–H groups in total. The van der Waals surface area contributed by atoms with Gasteiger partial charge in [0, 0.05) is 75.4 Å². The predicted octanol–water partition coefficient (Wildman–Crippen LogP) is 8.15. The van der Waals surface area contributed by atoms with E-state index in [1.165, 1.54) is 11.1 Å². The van der Waals surface area contributed by atoms with Gasteiger partial charge in [0.15, 0.2) is 0 Å². The van der Waals surface area contributed by atoms with Crippen LogP contribution in [0.1, 0.15) is 69.7 Å². The minimum atomic E-state index is -0.328. The summed E-state index contributed by atoms with van der Waals surface area (Å²) in [5.74, 6) is 1.54. The van der Waals surface area contributed by atoms with Gasteiger partial charge in [-0.1, -0.05) is 85.8 Å². The lowest BCUT2D eigenvalue weighted by atomic mass is 10.1. The minimum absolute atomic E-state index is 0.190. The number of aromatic nitrogens is 2. The molecule has 3 aromatic carbocycles. The lowest BCUT2D eigenvalue weighted by Gasteiger charge is -2.28. The van der Waals surface area contributed by atoms with Gasteiger partial charge in [0.2, 0.25) is 0 Å². The van der Waals surface area contributed by atoms with Crippen LogP contribution < -0.4 is 9.80 Å². The van der Waals surface area contributed by atoms with Crippen LogP contribution in [0.3, 0.4) is 0 Å². The number of rotatable bonds is 17. The van der Waals surface area contributed by atoms with Gasteiger partial charge in [0.25, 0.3) is 0 Å². The number of anilines is 2. The smallest absolute Gasteiger partial charge is 0.338 e. The van der Waals surface area contributed by atoms with Crippen molar-refractivity contribution in [3.63, 3.8) is 0 Å². The Balaban J connectivity index is 0.883. The van der Waals surface area contributed by atoms with Crippen LogP contribution in [0.15, 0.2) is 134 Å². The number of pyridine rings is 2. The maximum absolute atomic E-state index is 12.6. The largest absolute Gasteiger partial charge is 0.457 e. The first-order valence-electron chi connectivity index (χ1n) is 20.5. The quantitative estimate of drug-likeness (QED) is 0.0862. The number of carbonyl (C=O) groups is 2. The van der Waals surface area contributed by atoms with Gasteiger partial charge in [-0.25, -0.2) is 19.6 Å². The molecule has 2 aromatic heterocycles. The maximum Gasteiger partial charge on any atom is 0.338 e. The molecule has 0 amide bonds. The van der Waals surface area contributed by atoms with Gasteiger partial charge in [-0.2, -0.15) is 0 Å². The first-order valence-corrected chi connectivity index (χ1v) is 20.5. The van der Waals surface area contributed by atoms with Crippen molar-refractivity contribution in [3.8, 4) is 0 Å². The Morgan fingerprint density at radius 2 is 1.19 bits per heavy atom. The van der Waals surface area contributed by atoms with E-state index in [-0.39, 0.29) is 25.2 Å². The Hall–Kier alpha value is -6.00. The second-order valence-electron chi connectivity index (χ2n) is 15.0. The van der Waals surface area contributed by atoms with E-state index >= 15 is 0 Å². The summed E-state index contributed by atoms with van der Waals surface area (Å²) in [5.41, 5.74) is 5.53. The lowest BCUT2D eigenvalue weighted by molar-refractivity contribution is 0.0464. The highest BCUT2D eigenvalue weighted by Gasteiger charge is 2.29. The zero-order valence-electron chi connectivity index (χ0n) is 33.7. The summed E-state index contributed by atoms with van der Waals surface area (Å²) in [6.07, 6.45) is 10.3. The molecule has 2 unspecified atom stereocenters. The third-order valence-electron chi connectivity index (χ3n) is 11.2. The Kier molecular flexibility index (Phi) is 13.8. The molecule has 0 saturated carbocycles. The zero-order chi connectivity index (χ0) is 40.1. The minimum Gasteiger partial charge on any atom is -0.457 e. The molecule has 2 atom stereocenters. The third-order valence-corrected chi connectivity index (χ3v) is 11.2. The van der Waals surface area contributed by atoms with E-state index in [1.807, 2.05) is 73.1 Å². The summed E-state index contributed by atoms with van der Waals surface area (Å²) in [7, 11) is 0. The van der Waals surface area contributed by atoms with Crippen molar-refractivity contribution in [1.29, 1.82) is 0 Å². The number of likely N-dealkylation sites (N-methyl/N-ethyl adjacent to an activating group) is 1. The highest BCUT2D eigenvalue weighted by atomic mass is 16.5. The fourth-order valence-corrected chi connectivity index (χ4v) is 7.86. The van der Waals surface area contributed by atoms with Crippen LogP contribution in [0.25, 0.3) is 0 Å². The molecule has 2 saturated heterocycles. The molecular weight excluding hydrogens is 725 g/mol. The Morgan fingerprint density at radius 3 is 1.74 bits per heavy atom. The van der Waals surface area contributed by atoms with Crippen molar-refractivity contribution < 1.29 is 19.1 Å². The maximum atomic E-state index is 12.6. The molecule has 10 heteroatoms. The normalized spacial score (nSPS) is 16.6. The number of ether oxygens (including phenoxy) is 2. The number of carbonyl (C=O) groups excluding carboxylic acids is 2. The van der Waals surface area contributed by atoms with Crippen LogP contribution in [0.2, 0.25) is 0 Å². The molecule has 7 rings (SSSR count). The van der Waals surface area contributed by atoms with Crippen LogP contribution in [0.4, 0.5) is 11.6 Å². The van der Waals surface area contributed by atoms with Crippen molar-refractivity contribution in [1.82, 2.24) is 19.8 Å². The summed E-state index contributed by atoms with van der Waals surface area (Å²) in [5, 5.41) is 0. The standard InChI is InChI=1S/C48H54N6O4/c1-3-51(28-23-39-24-29-53(33-39)45-42(17-11-26-49-45)35-57-47(55)40-13-7-5-8-14-40)31-37-19-21-38(22-20-37)32-52(4-2)44-25-30-54(34-44)46-43(18-12-27-50-46)36-58-48(56)41-15-9-6-10-16-41/h5-23,26-28,39,44H,3-4,24-25,29-36H2,1-2H3. The molecule has 300 valence electrons. The fraction of sp³-hybridized carbons (Fsp3) is 0.333. The number of hydrogen-bond acceptors (Lipinski definition) is 10. The van der Waals surface area contributed by atoms with Crippen LogP contribution in [0, 0.1) is 5.92 Å². The van der Waals surface area contributed by atoms with Crippen molar-refractivity contribution in [2.24, 2.45) is 5.92 Å². The molecule has 0 spiro atoms.